The molecule has 0 aliphatic rings. The third-order valence-corrected chi connectivity index (χ3v) is 4.15. The summed E-state index contributed by atoms with van der Waals surface area (Å²) in [4.78, 5) is 30.6. The van der Waals surface area contributed by atoms with Crippen LogP contribution in [0.4, 0.5) is 5.88 Å². The molecule has 0 amide bonds. The number of furan rings is 1. The van der Waals surface area contributed by atoms with Crippen LogP contribution in [-0.4, -0.2) is 14.9 Å². The van der Waals surface area contributed by atoms with Crippen molar-refractivity contribution in [3.63, 3.8) is 0 Å². The van der Waals surface area contributed by atoms with Crippen molar-refractivity contribution in [3.8, 4) is 11.6 Å². The number of hydrogen-bond acceptors (Lipinski definition) is 6. The highest BCUT2D eigenvalue weighted by Crippen LogP contribution is 2.28. The normalized spacial score (nSPS) is 11.1. The highest BCUT2D eigenvalue weighted by Gasteiger charge is 2.17. The topological polar surface area (TPSA) is 102 Å². The maximum absolute atomic E-state index is 12.1. The van der Waals surface area contributed by atoms with Gasteiger partial charge in [0.05, 0.1) is 11.5 Å². The number of thiophene rings is 1. The molecule has 102 valence electrons. The summed E-state index contributed by atoms with van der Waals surface area (Å²) in [5.74, 6) is -0.0301. The van der Waals surface area contributed by atoms with E-state index in [1.54, 1.807) is 0 Å². The summed E-state index contributed by atoms with van der Waals surface area (Å²) in [5.41, 5.74) is 0.627. The Morgan fingerprint density at radius 3 is 2.80 bits per heavy atom. The Balaban J connectivity index is 2.22. The molecule has 3 heterocycles. The smallest absolute Gasteiger partial charge is 0.397 e. The van der Waals surface area contributed by atoms with E-state index < -0.39 is 4.92 Å². The second kappa shape index (κ2) is 4.27. The van der Waals surface area contributed by atoms with Gasteiger partial charge < -0.3 is 9.40 Å². The molecule has 0 bridgehead atoms. The first-order valence-corrected chi connectivity index (χ1v) is 6.53. The molecule has 3 aromatic rings. The summed E-state index contributed by atoms with van der Waals surface area (Å²) < 4.78 is 5.04. The number of aromatic amines is 1. The van der Waals surface area contributed by atoms with Crippen molar-refractivity contribution >= 4 is 27.4 Å². The first-order chi connectivity index (χ1) is 9.47. The molecule has 0 saturated carbocycles. The number of nitrogens with one attached hydrogen (secondary N) is 1. The lowest BCUT2D eigenvalue weighted by molar-refractivity contribution is -0.401. The minimum atomic E-state index is -0.639. The van der Waals surface area contributed by atoms with Crippen LogP contribution >= 0.6 is 11.3 Å². The molecule has 0 atom stereocenters. The van der Waals surface area contributed by atoms with Gasteiger partial charge in [-0.3, -0.25) is 14.9 Å². The Hall–Kier alpha value is -2.48. The first kappa shape index (κ1) is 12.5. The minimum Gasteiger partial charge on any atom is -0.397 e. The van der Waals surface area contributed by atoms with Gasteiger partial charge in [-0.05, 0) is 25.5 Å². The average molecular weight is 291 g/mol. The van der Waals surface area contributed by atoms with E-state index in [1.807, 2.05) is 13.8 Å². The Kier molecular flexibility index (Phi) is 2.68. The van der Waals surface area contributed by atoms with Crippen LogP contribution in [0.2, 0.25) is 0 Å². The van der Waals surface area contributed by atoms with Crippen molar-refractivity contribution in [1.82, 2.24) is 9.97 Å². The number of nitrogens with zero attached hydrogens (tertiary/aromatic N) is 2. The van der Waals surface area contributed by atoms with Crippen LogP contribution in [0.5, 0.6) is 0 Å². The van der Waals surface area contributed by atoms with Crippen molar-refractivity contribution in [2.24, 2.45) is 0 Å². The molecule has 0 saturated heterocycles. The van der Waals surface area contributed by atoms with Crippen LogP contribution in [0.15, 0.2) is 21.3 Å². The molecular formula is C12H9N3O4S. The summed E-state index contributed by atoms with van der Waals surface area (Å²) in [6.07, 6.45) is 0. The summed E-state index contributed by atoms with van der Waals surface area (Å²) in [6, 6.07) is 2.64. The maximum atomic E-state index is 12.1. The zero-order chi connectivity index (χ0) is 14.4. The Labute approximate surface area is 116 Å². The van der Waals surface area contributed by atoms with E-state index in [4.69, 9.17) is 4.42 Å². The molecule has 20 heavy (non-hydrogen) atoms. The van der Waals surface area contributed by atoms with Gasteiger partial charge in [-0.25, -0.2) is 4.98 Å². The van der Waals surface area contributed by atoms with E-state index in [-0.39, 0.29) is 23.0 Å². The standard InChI is InChI=1S/C12H9N3O4S/c1-5-6(2)20-12-9(5)11(16)13-10(14-12)7-3-4-8(19-7)15(17)18/h3-4H,1-2H3,(H,13,14,16). The highest BCUT2D eigenvalue weighted by molar-refractivity contribution is 7.18. The monoisotopic (exact) mass is 291 g/mol. The van der Waals surface area contributed by atoms with E-state index >= 15 is 0 Å². The fourth-order valence-electron chi connectivity index (χ4n) is 1.92. The van der Waals surface area contributed by atoms with Crippen LogP contribution < -0.4 is 5.56 Å². The summed E-state index contributed by atoms with van der Waals surface area (Å²) >= 11 is 1.41. The van der Waals surface area contributed by atoms with Crippen LogP contribution in [0.1, 0.15) is 10.4 Å². The van der Waals surface area contributed by atoms with Gasteiger partial charge in [0.25, 0.3) is 5.56 Å². The third kappa shape index (κ3) is 1.81. The van der Waals surface area contributed by atoms with E-state index in [9.17, 15) is 14.9 Å². The molecule has 1 N–H and O–H groups in total. The fourth-order valence-corrected chi connectivity index (χ4v) is 2.95. The average Bonchev–Trinajstić information content (AvgIpc) is 2.96. The lowest BCUT2D eigenvalue weighted by Crippen LogP contribution is -2.08. The Morgan fingerprint density at radius 2 is 2.15 bits per heavy atom. The molecule has 8 heteroatoms. The van der Waals surface area contributed by atoms with Gasteiger partial charge in [-0.2, -0.15) is 0 Å². The number of nitro groups is 1. The quantitative estimate of drug-likeness (QED) is 0.577. The van der Waals surface area contributed by atoms with Gasteiger partial charge in [-0.1, -0.05) is 0 Å². The number of hydrogen-bond donors (Lipinski definition) is 1. The number of aromatic nitrogens is 2. The predicted molar refractivity (Wildman–Crippen MR) is 74.1 cm³/mol. The number of aryl methyl sites for hydroxylation is 2. The van der Waals surface area contributed by atoms with Crippen LogP contribution in [0.25, 0.3) is 21.8 Å². The second-order valence-electron chi connectivity index (χ2n) is 4.27. The van der Waals surface area contributed by atoms with Gasteiger partial charge >= 0.3 is 5.88 Å². The molecule has 0 aliphatic carbocycles. The lowest BCUT2D eigenvalue weighted by atomic mass is 10.2. The predicted octanol–water partition coefficient (Wildman–Crippen LogP) is 2.77. The van der Waals surface area contributed by atoms with E-state index in [1.165, 1.54) is 23.5 Å². The highest BCUT2D eigenvalue weighted by atomic mass is 32.1. The van der Waals surface area contributed by atoms with Crippen molar-refractivity contribution in [2.45, 2.75) is 13.8 Å². The van der Waals surface area contributed by atoms with Crippen molar-refractivity contribution in [1.29, 1.82) is 0 Å². The summed E-state index contributed by atoms with van der Waals surface area (Å²) in [5, 5.41) is 11.1. The molecule has 0 aliphatic heterocycles. The van der Waals surface area contributed by atoms with Gasteiger partial charge in [0, 0.05) is 4.88 Å². The number of H-pyrrole nitrogens is 1. The molecule has 3 aromatic heterocycles. The molecule has 7 nitrogen and oxygen atoms in total. The molecule has 0 aromatic carbocycles. The van der Waals surface area contributed by atoms with Gasteiger partial charge in [0.1, 0.15) is 9.75 Å². The van der Waals surface area contributed by atoms with Gasteiger partial charge in [0.2, 0.25) is 0 Å². The third-order valence-electron chi connectivity index (χ3n) is 3.04. The molecule has 0 radical (unpaired) electrons. The number of fused-ring (bicyclic) bond motifs is 1. The SMILES string of the molecule is Cc1sc2nc(-c3ccc([N+](=O)[O-])o3)[nH]c(=O)c2c1C. The van der Waals surface area contributed by atoms with Crippen molar-refractivity contribution in [2.75, 3.05) is 0 Å². The van der Waals surface area contributed by atoms with E-state index in [0.29, 0.717) is 10.2 Å². The van der Waals surface area contributed by atoms with Crippen molar-refractivity contribution < 1.29 is 9.34 Å². The summed E-state index contributed by atoms with van der Waals surface area (Å²) in [6.45, 7) is 3.78. The van der Waals surface area contributed by atoms with E-state index in [0.717, 1.165) is 10.4 Å². The molecule has 3 rings (SSSR count). The fraction of sp³-hybridized carbons (Fsp3) is 0.167. The molecule has 0 fully saturated rings. The molecular weight excluding hydrogens is 282 g/mol. The van der Waals surface area contributed by atoms with Crippen LogP contribution in [-0.2, 0) is 0 Å². The summed E-state index contributed by atoms with van der Waals surface area (Å²) in [7, 11) is 0. The van der Waals surface area contributed by atoms with Crippen LogP contribution in [0.3, 0.4) is 0 Å². The molecule has 0 unspecified atom stereocenters. The maximum Gasteiger partial charge on any atom is 0.433 e. The Bertz CT molecular complexity index is 890. The lowest BCUT2D eigenvalue weighted by Gasteiger charge is -1.96. The molecule has 0 spiro atoms. The zero-order valence-electron chi connectivity index (χ0n) is 10.6. The van der Waals surface area contributed by atoms with E-state index in [2.05, 4.69) is 9.97 Å². The van der Waals surface area contributed by atoms with Gasteiger partial charge in [-0.15, -0.1) is 11.3 Å². The Morgan fingerprint density at radius 1 is 1.40 bits per heavy atom. The minimum absolute atomic E-state index is 0.166. The van der Waals surface area contributed by atoms with Crippen LogP contribution in [0, 0.1) is 24.0 Å². The largest absolute Gasteiger partial charge is 0.433 e. The number of rotatable bonds is 2. The zero-order valence-corrected chi connectivity index (χ0v) is 11.4. The first-order valence-electron chi connectivity index (χ1n) is 5.72. The van der Waals surface area contributed by atoms with Gasteiger partial charge in [0.15, 0.2) is 11.6 Å². The second-order valence-corrected chi connectivity index (χ2v) is 5.48. The van der Waals surface area contributed by atoms with Crippen molar-refractivity contribution in [3.05, 3.63) is 43.0 Å².